The van der Waals surface area contributed by atoms with E-state index in [0.717, 1.165) is 24.0 Å². The van der Waals surface area contributed by atoms with Gasteiger partial charge in [0, 0.05) is 24.4 Å². The minimum absolute atomic E-state index is 0.302. The van der Waals surface area contributed by atoms with Crippen LogP contribution in [0.1, 0.15) is 49.3 Å². The molecule has 0 saturated heterocycles. The van der Waals surface area contributed by atoms with Gasteiger partial charge in [-0.05, 0) is 49.1 Å². The molecule has 19 heavy (non-hydrogen) atoms. The first-order valence-electron chi connectivity index (χ1n) is 6.96. The summed E-state index contributed by atoms with van der Waals surface area (Å²) in [6, 6.07) is 8.60. The van der Waals surface area contributed by atoms with E-state index in [2.05, 4.69) is 36.3 Å². The number of nitrogens with zero attached hydrogens (tertiary/aromatic N) is 1. The predicted octanol–water partition coefficient (Wildman–Crippen LogP) is 3.65. The van der Waals surface area contributed by atoms with Gasteiger partial charge in [0.15, 0.2) is 0 Å². The Hall–Kier alpha value is -1.61. The summed E-state index contributed by atoms with van der Waals surface area (Å²) in [6.45, 7) is 5.20. The van der Waals surface area contributed by atoms with Crippen LogP contribution >= 0.6 is 0 Å². The Kier molecular flexibility index (Phi) is 3.38. The van der Waals surface area contributed by atoms with Gasteiger partial charge in [-0.3, -0.25) is 4.98 Å². The van der Waals surface area contributed by atoms with Gasteiger partial charge in [-0.1, -0.05) is 6.92 Å². The zero-order chi connectivity index (χ0) is 13.2. The minimum atomic E-state index is 0.302. The van der Waals surface area contributed by atoms with Crippen molar-refractivity contribution in [3.8, 4) is 0 Å². The Morgan fingerprint density at radius 3 is 2.74 bits per heavy atom. The lowest BCUT2D eigenvalue weighted by Gasteiger charge is -2.12. The lowest BCUT2D eigenvalue weighted by atomic mass is 10.1. The summed E-state index contributed by atoms with van der Waals surface area (Å²) < 4.78 is 5.89. The van der Waals surface area contributed by atoms with E-state index in [1.165, 1.54) is 12.0 Å². The molecular formula is C16H20N2O. The van der Waals surface area contributed by atoms with Crippen LogP contribution in [0.25, 0.3) is 0 Å². The standard InChI is InChI=1S/C16H20N2O/c1-11-9-15(11)16-4-3-14(19-16)10-18-12(2)13-5-7-17-8-6-13/h3-8,11-12,15,18H,9-10H2,1-2H3/t11?,12-,15?/m0/s1. The van der Waals surface area contributed by atoms with Crippen molar-refractivity contribution in [1.82, 2.24) is 10.3 Å². The first-order valence-corrected chi connectivity index (χ1v) is 6.96. The Bertz CT molecular complexity index is 535. The number of furan rings is 1. The van der Waals surface area contributed by atoms with Crippen molar-refractivity contribution < 1.29 is 4.42 Å². The molecule has 1 N–H and O–H groups in total. The molecule has 1 fully saturated rings. The van der Waals surface area contributed by atoms with Gasteiger partial charge in [-0.2, -0.15) is 0 Å². The molecule has 0 aliphatic heterocycles. The summed E-state index contributed by atoms with van der Waals surface area (Å²) in [4.78, 5) is 4.04. The van der Waals surface area contributed by atoms with Crippen LogP contribution in [0.3, 0.4) is 0 Å². The van der Waals surface area contributed by atoms with E-state index in [1.807, 2.05) is 24.5 Å². The van der Waals surface area contributed by atoms with Crippen LogP contribution in [0, 0.1) is 5.92 Å². The molecule has 0 amide bonds. The molecule has 1 saturated carbocycles. The van der Waals surface area contributed by atoms with E-state index in [-0.39, 0.29) is 0 Å². The molecule has 0 aromatic carbocycles. The third-order valence-corrected chi connectivity index (χ3v) is 3.95. The van der Waals surface area contributed by atoms with Gasteiger partial charge in [0.2, 0.25) is 0 Å². The lowest BCUT2D eigenvalue weighted by molar-refractivity contribution is 0.430. The molecule has 0 bridgehead atoms. The molecule has 100 valence electrons. The van der Waals surface area contributed by atoms with E-state index in [9.17, 15) is 0 Å². The maximum Gasteiger partial charge on any atom is 0.117 e. The van der Waals surface area contributed by atoms with Crippen molar-refractivity contribution in [2.45, 2.75) is 38.8 Å². The summed E-state index contributed by atoms with van der Waals surface area (Å²) in [5, 5.41) is 3.48. The molecule has 0 spiro atoms. The van der Waals surface area contributed by atoms with Crippen LogP contribution < -0.4 is 5.32 Å². The van der Waals surface area contributed by atoms with E-state index in [0.29, 0.717) is 12.0 Å². The fourth-order valence-electron chi connectivity index (χ4n) is 2.43. The highest BCUT2D eigenvalue weighted by Gasteiger charge is 2.36. The minimum Gasteiger partial charge on any atom is -0.464 e. The van der Waals surface area contributed by atoms with Crippen molar-refractivity contribution >= 4 is 0 Å². The molecule has 3 nitrogen and oxygen atoms in total. The molecule has 0 radical (unpaired) electrons. The van der Waals surface area contributed by atoms with Crippen molar-refractivity contribution in [1.29, 1.82) is 0 Å². The van der Waals surface area contributed by atoms with Crippen molar-refractivity contribution in [2.75, 3.05) is 0 Å². The Labute approximate surface area is 114 Å². The smallest absolute Gasteiger partial charge is 0.117 e. The maximum absolute atomic E-state index is 5.89. The normalized spacial score (nSPS) is 23.3. The number of nitrogens with one attached hydrogen (secondary N) is 1. The van der Waals surface area contributed by atoms with Gasteiger partial charge in [-0.15, -0.1) is 0 Å². The Balaban J connectivity index is 1.56. The number of hydrogen-bond donors (Lipinski definition) is 1. The second-order valence-electron chi connectivity index (χ2n) is 5.51. The van der Waals surface area contributed by atoms with Gasteiger partial charge in [0.1, 0.15) is 11.5 Å². The third-order valence-electron chi connectivity index (χ3n) is 3.95. The highest BCUT2D eigenvalue weighted by molar-refractivity contribution is 5.18. The number of rotatable bonds is 5. The lowest BCUT2D eigenvalue weighted by Crippen LogP contribution is -2.17. The van der Waals surface area contributed by atoms with Crippen LogP contribution in [0.4, 0.5) is 0 Å². The second kappa shape index (κ2) is 5.17. The molecule has 2 aromatic heterocycles. The van der Waals surface area contributed by atoms with Crippen LogP contribution in [0.15, 0.2) is 41.1 Å². The topological polar surface area (TPSA) is 38.1 Å². The quantitative estimate of drug-likeness (QED) is 0.887. The second-order valence-corrected chi connectivity index (χ2v) is 5.51. The fraction of sp³-hybridized carbons (Fsp3) is 0.438. The third kappa shape index (κ3) is 2.87. The first kappa shape index (κ1) is 12.4. The zero-order valence-electron chi connectivity index (χ0n) is 11.5. The highest BCUT2D eigenvalue weighted by Crippen LogP contribution is 2.47. The predicted molar refractivity (Wildman–Crippen MR) is 74.7 cm³/mol. The van der Waals surface area contributed by atoms with Crippen molar-refractivity contribution in [3.05, 3.63) is 53.7 Å². The van der Waals surface area contributed by atoms with Gasteiger partial charge < -0.3 is 9.73 Å². The molecule has 2 aromatic rings. The van der Waals surface area contributed by atoms with Gasteiger partial charge >= 0.3 is 0 Å². The molecule has 3 rings (SSSR count). The Morgan fingerprint density at radius 2 is 2.05 bits per heavy atom. The summed E-state index contributed by atoms with van der Waals surface area (Å²) in [7, 11) is 0. The molecule has 3 atom stereocenters. The van der Waals surface area contributed by atoms with E-state index in [1.54, 1.807) is 0 Å². The van der Waals surface area contributed by atoms with Gasteiger partial charge in [0.25, 0.3) is 0 Å². The molecule has 2 heterocycles. The summed E-state index contributed by atoms with van der Waals surface area (Å²) in [5.41, 5.74) is 1.25. The SMILES string of the molecule is CC1CC1c1ccc(CN[C@@H](C)c2ccncc2)o1. The average molecular weight is 256 g/mol. The highest BCUT2D eigenvalue weighted by atomic mass is 16.3. The maximum atomic E-state index is 5.89. The van der Waals surface area contributed by atoms with Crippen molar-refractivity contribution in [3.63, 3.8) is 0 Å². The van der Waals surface area contributed by atoms with Gasteiger partial charge in [-0.25, -0.2) is 0 Å². The molecular weight excluding hydrogens is 236 g/mol. The zero-order valence-corrected chi connectivity index (χ0v) is 11.5. The van der Waals surface area contributed by atoms with Gasteiger partial charge in [0.05, 0.1) is 6.54 Å². The van der Waals surface area contributed by atoms with Crippen molar-refractivity contribution in [2.24, 2.45) is 5.92 Å². The van der Waals surface area contributed by atoms with Crippen LogP contribution in [0.5, 0.6) is 0 Å². The van der Waals surface area contributed by atoms with Crippen LogP contribution in [-0.4, -0.2) is 4.98 Å². The molecule has 3 heteroatoms. The largest absolute Gasteiger partial charge is 0.464 e. The van der Waals surface area contributed by atoms with E-state index < -0.39 is 0 Å². The average Bonchev–Trinajstić information content (AvgIpc) is 3.00. The number of pyridine rings is 1. The molecule has 1 aliphatic carbocycles. The monoisotopic (exact) mass is 256 g/mol. The molecule has 2 unspecified atom stereocenters. The summed E-state index contributed by atoms with van der Waals surface area (Å²) in [6.07, 6.45) is 4.92. The summed E-state index contributed by atoms with van der Waals surface area (Å²) in [5.74, 6) is 3.63. The number of hydrogen-bond acceptors (Lipinski definition) is 3. The number of aromatic nitrogens is 1. The molecule has 1 aliphatic rings. The first-order chi connectivity index (χ1) is 9.24. The summed E-state index contributed by atoms with van der Waals surface area (Å²) >= 11 is 0. The van der Waals surface area contributed by atoms with E-state index in [4.69, 9.17) is 4.42 Å². The van der Waals surface area contributed by atoms with Crippen LogP contribution in [-0.2, 0) is 6.54 Å². The fourth-order valence-corrected chi connectivity index (χ4v) is 2.43. The Morgan fingerprint density at radius 1 is 1.32 bits per heavy atom. The van der Waals surface area contributed by atoms with Crippen LogP contribution in [0.2, 0.25) is 0 Å². The van der Waals surface area contributed by atoms with E-state index >= 15 is 0 Å².